The largest absolute Gasteiger partial charge is 0.481 e. The second kappa shape index (κ2) is 10.3. The van der Waals surface area contributed by atoms with Crippen molar-refractivity contribution in [3.63, 3.8) is 0 Å². The van der Waals surface area contributed by atoms with Crippen LogP contribution in [0.15, 0.2) is 24.5 Å². The summed E-state index contributed by atoms with van der Waals surface area (Å²) in [5, 5.41) is 23.0. The lowest BCUT2D eigenvalue weighted by molar-refractivity contribution is -0.137. The average molecular weight is 399 g/mol. The Bertz CT molecular complexity index is 810. The highest BCUT2D eigenvalue weighted by atomic mass is 16.4. The third-order valence-electron chi connectivity index (χ3n) is 5.42. The van der Waals surface area contributed by atoms with Gasteiger partial charge in [-0.1, -0.05) is 12.5 Å². The Morgan fingerprint density at radius 2 is 2.03 bits per heavy atom. The van der Waals surface area contributed by atoms with E-state index >= 15 is 0 Å². The van der Waals surface area contributed by atoms with Crippen LogP contribution in [-0.4, -0.2) is 43.8 Å². The number of pyridine rings is 1. The number of carboxylic acids is 1. The van der Waals surface area contributed by atoms with Crippen molar-refractivity contribution in [3.05, 3.63) is 47.2 Å². The second-order valence-electron chi connectivity index (χ2n) is 7.83. The number of nitrogens with zero attached hydrogens (tertiary/aromatic N) is 3. The highest BCUT2D eigenvalue weighted by molar-refractivity contribution is 5.68. The number of carbonyl (C=O) groups is 1. The Labute approximate surface area is 171 Å². The van der Waals surface area contributed by atoms with E-state index < -0.39 is 12.1 Å². The molecule has 7 nitrogen and oxygen atoms in total. The van der Waals surface area contributed by atoms with Gasteiger partial charge in [0, 0.05) is 24.6 Å². The molecule has 7 heteroatoms. The predicted molar refractivity (Wildman–Crippen MR) is 111 cm³/mol. The second-order valence-corrected chi connectivity index (χ2v) is 7.83. The zero-order valence-corrected chi connectivity index (χ0v) is 17.0. The van der Waals surface area contributed by atoms with Crippen LogP contribution >= 0.6 is 0 Å². The molecular weight excluding hydrogens is 368 g/mol. The number of fused-ring (bicyclic) bond motifs is 1. The molecule has 0 spiro atoms. The van der Waals surface area contributed by atoms with Crippen molar-refractivity contribution < 1.29 is 15.0 Å². The maximum absolute atomic E-state index is 11.2. The van der Waals surface area contributed by atoms with E-state index in [1.54, 1.807) is 19.3 Å². The molecule has 2 unspecified atom stereocenters. The van der Waals surface area contributed by atoms with E-state index in [1.165, 1.54) is 5.56 Å². The summed E-state index contributed by atoms with van der Waals surface area (Å²) >= 11 is 0. The van der Waals surface area contributed by atoms with Crippen LogP contribution in [0.1, 0.15) is 67.1 Å². The molecule has 0 saturated heterocycles. The fourth-order valence-corrected chi connectivity index (χ4v) is 3.80. The minimum atomic E-state index is -0.880. The third-order valence-corrected chi connectivity index (χ3v) is 5.42. The fourth-order valence-electron chi connectivity index (χ4n) is 3.80. The van der Waals surface area contributed by atoms with E-state index in [4.69, 9.17) is 4.98 Å². The van der Waals surface area contributed by atoms with Crippen LogP contribution in [0.5, 0.6) is 0 Å². The third kappa shape index (κ3) is 6.49. The average Bonchev–Trinajstić information content (AvgIpc) is 2.71. The quantitative estimate of drug-likeness (QED) is 0.527. The number of rotatable bonds is 10. The number of carboxylic acid groups (broad SMARTS) is 1. The maximum atomic E-state index is 11.2. The van der Waals surface area contributed by atoms with E-state index in [1.807, 2.05) is 0 Å². The van der Waals surface area contributed by atoms with E-state index in [-0.39, 0.29) is 12.3 Å². The number of unbranched alkanes of at least 4 members (excludes halogenated alkanes) is 1. The molecule has 2 atom stereocenters. The number of hydrogen-bond donors (Lipinski definition) is 3. The van der Waals surface area contributed by atoms with Gasteiger partial charge in [0.05, 0.1) is 12.5 Å². The molecule has 3 heterocycles. The first-order valence-corrected chi connectivity index (χ1v) is 10.4. The summed E-state index contributed by atoms with van der Waals surface area (Å²) in [6.07, 6.45) is 8.75. The van der Waals surface area contributed by atoms with Crippen LogP contribution in [0.3, 0.4) is 0 Å². The minimum absolute atomic E-state index is 0.0322. The van der Waals surface area contributed by atoms with Gasteiger partial charge in [-0.25, -0.2) is 15.0 Å². The zero-order valence-electron chi connectivity index (χ0n) is 17.0. The van der Waals surface area contributed by atoms with Gasteiger partial charge in [0.2, 0.25) is 0 Å². The molecule has 2 aromatic rings. The number of aromatic nitrogens is 3. The molecule has 0 fully saturated rings. The zero-order chi connectivity index (χ0) is 20.6. The molecule has 0 radical (unpaired) electrons. The first-order valence-electron chi connectivity index (χ1n) is 10.4. The molecule has 1 aliphatic rings. The van der Waals surface area contributed by atoms with Crippen LogP contribution < -0.4 is 5.32 Å². The van der Waals surface area contributed by atoms with Gasteiger partial charge in [-0.3, -0.25) is 4.79 Å². The lowest BCUT2D eigenvalue weighted by atomic mass is 9.90. The lowest BCUT2D eigenvalue weighted by Crippen LogP contribution is -2.16. The smallest absolute Gasteiger partial charge is 0.303 e. The van der Waals surface area contributed by atoms with Crippen molar-refractivity contribution in [2.45, 2.75) is 70.3 Å². The van der Waals surface area contributed by atoms with Gasteiger partial charge >= 0.3 is 5.97 Å². The number of nitrogens with one attached hydrogen (secondary N) is 1. The number of aliphatic hydroxyl groups is 1. The monoisotopic (exact) mass is 398 g/mol. The number of aryl methyl sites for hydroxylation is 3. The van der Waals surface area contributed by atoms with Gasteiger partial charge < -0.3 is 15.5 Å². The molecule has 29 heavy (non-hydrogen) atoms. The van der Waals surface area contributed by atoms with Gasteiger partial charge in [-0.2, -0.15) is 0 Å². The standard InChI is InChI=1S/C22H30N4O3/c1-15-24-13-18(14-25-15)17(12-21(28)29)11-20(27)7-3-2-6-19-9-8-16-5-4-10-23-22(16)26-19/h8-9,13-14,17,20,27H,2-7,10-12H2,1H3,(H,23,26)(H,28,29). The number of hydrogen-bond acceptors (Lipinski definition) is 6. The summed E-state index contributed by atoms with van der Waals surface area (Å²) < 4.78 is 0. The van der Waals surface area contributed by atoms with Crippen LogP contribution in [0.25, 0.3) is 0 Å². The summed E-state index contributed by atoms with van der Waals surface area (Å²) in [7, 11) is 0. The topological polar surface area (TPSA) is 108 Å². The molecule has 2 aromatic heterocycles. The minimum Gasteiger partial charge on any atom is -0.481 e. The van der Waals surface area contributed by atoms with Crippen LogP contribution in [-0.2, 0) is 17.6 Å². The molecule has 3 N–H and O–H groups in total. The van der Waals surface area contributed by atoms with E-state index in [2.05, 4.69) is 27.4 Å². The van der Waals surface area contributed by atoms with Gasteiger partial charge in [-0.05, 0) is 68.6 Å². The van der Waals surface area contributed by atoms with Gasteiger partial charge in [0.1, 0.15) is 11.6 Å². The van der Waals surface area contributed by atoms with E-state index in [9.17, 15) is 15.0 Å². The summed E-state index contributed by atoms with van der Waals surface area (Å²) in [5.41, 5.74) is 3.14. The molecule has 0 saturated carbocycles. The van der Waals surface area contributed by atoms with E-state index in [0.717, 1.165) is 55.7 Å². The summed E-state index contributed by atoms with van der Waals surface area (Å²) in [6.45, 7) is 2.78. The lowest BCUT2D eigenvalue weighted by Gasteiger charge is -2.19. The van der Waals surface area contributed by atoms with Crippen molar-refractivity contribution in [1.29, 1.82) is 0 Å². The van der Waals surface area contributed by atoms with Gasteiger partial charge in [0.15, 0.2) is 0 Å². The fraction of sp³-hybridized carbons (Fsp3) is 0.545. The molecule has 1 aliphatic heterocycles. The Balaban J connectivity index is 1.46. The Kier molecular flexibility index (Phi) is 7.52. The van der Waals surface area contributed by atoms with Gasteiger partial charge in [-0.15, -0.1) is 0 Å². The summed E-state index contributed by atoms with van der Waals surface area (Å²) in [5.74, 6) is 0.506. The number of aliphatic hydroxyl groups excluding tert-OH is 1. The van der Waals surface area contributed by atoms with E-state index in [0.29, 0.717) is 18.7 Å². The number of anilines is 1. The molecule has 3 rings (SSSR count). The molecule has 0 amide bonds. The SMILES string of the molecule is Cc1ncc(C(CC(=O)O)CC(O)CCCCc2ccc3c(n2)NCCC3)cn1. The molecule has 156 valence electrons. The van der Waals surface area contributed by atoms with Gasteiger partial charge in [0.25, 0.3) is 0 Å². The summed E-state index contributed by atoms with van der Waals surface area (Å²) in [6, 6.07) is 4.27. The summed E-state index contributed by atoms with van der Waals surface area (Å²) in [4.78, 5) is 24.2. The highest BCUT2D eigenvalue weighted by Crippen LogP contribution is 2.26. The van der Waals surface area contributed by atoms with Crippen LogP contribution in [0.4, 0.5) is 5.82 Å². The first kappa shape index (κ1) is 21.2. The van der Waals surface area contributed by atoms with Crippen molar-refractivity contribution in [3.8, 4) is 0 Å². The molecule has 0 bridgehead atoms. The Morgan fingerprint density at radius 1 is 1.24 bits per heavy atom. The first-order chi connectivity index (χ1) is 14.0. The maximum Gasteiger partial charge on any atom is 0.303 e. The van der Waals surface area contributed by atoms with Crippen molar-refractivity contribution in [2.24, 2.45) is 0 Å². The molecular formula is C22H30N4O3. The Hall–Kier alpha value is -2.54. The van der Waals surface area contributed by atoms with Crippen LogP contribution in [0.2, 0.25) is 0 Å². The highest BCUT2D eigenvalue weighted by Gasteiger charge is 2.20. The predicted octanol–water partition coefficient (Wildman–Crippen LogP) is 3.26. The van der Waals surface area contributed by atoms with Crippen molar-refractivity contribution >= 4 is 11.8 Å². The van der Waals surface area contributed by atoms with Crippen molar-refractivity contribution in [1.82, 2.24) is 15.0 Å². The van der Waals surface area contributed by atoms with Crippen LogP contribution in [0, 0.1) is 6.92 Å². The Morgan fingerprint density at radius 3 is 2.79 bits per heavy atom. The number of aliphatic carboxylic acids is 1. The van der Waals surface area contributed by atoms with Crippen molar-refractivity contribution in [2.75, 3.05) is 11.9 Å². The molecule has 0 aliphatic carbocycles. The molecule has 0 aromatic carbocycles. The normalized spacial score (nSPS) is 15.2.